The van der Waals surface area contributed by atoms with Crippen LogP contribution in [-0.4, -0.2) is 30.3 Å². The van der Waals surface area contributed by atoms with Gasteiger partial charge in [0, 0.05) is 16.4 Å². The minimum absolute atomic E-state index is 0.0666. The van der Waals surface area contributed by atoms with Gasteiger partial charge in [0.1, 0.15) is 6.61 Å². The molecular formula is C12H14O2S2. The summed E-state index contributed by atoms with van der Waals surface area (Å²) in [5.74, 6) is 1.54. The van der Waals surface area contributed by atoms with E-state index in [0.717, 1.165) is 17.1 Å². The van der Waals surface area contributed by atoms with Gasteiger partial charge in [-0.05, 0) is 17.9 Å². The van der Waals surface area contributed by atoms with E-state index < -0.39 is 0 Å². The molecule has 0 saturated carbocycles. The highest BCUT2D eigenvalue weighted by molar-refractivity contribution is 7.99. The van der Waals surface area contributed by atoms with Crippen molar-refractivity contribution in [3.63, 3.8) is 0 Å². The molecule has 0 saturated heterocycles. The molecule has 1 aromatic rings. The van der Waals surface area contributed by atoms with Crippen LogP contribution in [0, 0.1) is 0 Å². The van der Waals surface area contributed by atoms with Crippen molar-refractivity contribution in [3.8, 4) is 0 Å². The SMILES string of the molecule is CSCCOC(=O)[C@H]1CSc2ccccc21. The average Bonchev–Trinajstić information content (AvgIpc) is 2.73. The van der Waals surface area contributed by atoms with E-state index in [4.69, 9.17) is 4.74 Å². The van der Waals surface area contributed by atoms with E-state index in [1.54, 1.807) is 23.5 Å². The fraction of sp³-hybridized carbons (Fsp3) is 0.417. The molecule has 0 aromatic heterocycles. The molecule has 0 N–H and O–H groups in total. The van der Waals surface area contributed by atoms with Crippen molar-refractivity contribution < 1.29 is 9.53 Å². The Morgan fingerprint density at radius 3 is 3.19 bits per heavy atom. The lowest BCUT2D eigenvalue weighted by molar-refractivity contribution is -0.144. The highest BCUT2D eigenvalue weighted by Gasteiger charge is 2.29. The smallest absolute Gasteiger partial charge is 0.314 e. The summed E-state index contributed by atoms with van der Waals surface area (Å²) in [6, 6.07) is 8.07. The first-order valence-corrected chi connectivity index (χ1v) is 7.58. The van der Waals surface area contributed by atoms with Crippen LogP contribution in [-0.2, 0) is 9.53 Å². The largest absolute Gasteiger partial charge is 0.464 e. The summed E-state index contributed by atoms with van der Waals surface area (Å²) in [5.41, 5.74) is 1.13. The van der Waals surface area contributed by atoms with Gasteiger partial charge in [0.25, 0.3) is 0 Å². The molecule has 0 aliphatic carbocycles. The van der Waals surface area contributed by atoms with Gasteiger partial charge >= 0.3 is 5.97 Å². The summed E-state index contributed by atoms with van der Waals surface area (Å²) in [6.07, 6.45) is 2.01. The van der Waals surface area contributed by atoms with E-state index in [-0.39, 0.29) is 11.9 Å². The van der Waals surface area contributed by atoms with Crippen LogP contribution in [0.15, 0.2) is 29.2 Å². The number of thioether (sulfide) groups is 2. The predicted octanol–water partition coefficient (Wildman–Crippen LogP) is 2.78. The zero-order chi connectivity index (χ0) is 11.4. The van der Waals surface area contributed by atoms with Gasteiger partial charge in [0.05, 0.1) is 5.92 Å². The van der Waals surface area contributed by atoms with Crippen molar-refractivity contribution in [3.05, 3.63) is 29.8 Å². The molecule has 1 heterocycles. The number of fused-ring (bicyclic) bond motifs is 1. The van der Waals surface area contributed by atoms with Crippen LogP contribution in [0.2, 0.25) is 0 Å². The number of carbonyl (C=O) groups excluding carboxylic acids is 1. The van der Waals surface area contributed by atoms with Gasteiger partial charge in [-0.2, -0.15) is 11.8 Å². The number of esters is 1. The normalized spacial score (nSPS) is 18.2. The zero-order valence-corrected chi connectivity index (χ0v) is 10.8. The van der Waals surface area contributed by atoms with E-state index >= 15 is 0 Å². The quantitative estimate of drug-likeness (QED) is 0.609. The third-order valence-electron chi connectivity index (χ3n) is 2.52. The molecular weight excluding hydrogens is 240 g/mol. The van der Waals surface area contributed by atoms with Gasteiger partial charge in [0.15, 0.2) is 0 Å². The van der Waals surface area contributed by atoms with Gasteiger partial charge in [-0.15, -0.1) is 11.8 Å². The number of hydrogen-bond donors (Lipinski definition) is 0. The molecule has 16 heavy (non-hydrogen) atoms. The maximum Gasteiger partial charge on any atom is 0.314 e. The monoisotopic (exact) mass is 254 g/mol. The van der Waals surface area contributed by atoms with E-state index in [9.17, 15) is 4.79 Å². The molecule has 2 rings (SSSR count). The van der Waals surface area contributed by atoms with Crippen LogP contribution in [0.1, 0.15) is 11.5 Å². The Morgan fingerprint density at radius 2 is 2.38 bits per heavy atom. The molecule has 0 bridgehead atoms. The third-order valence-corrected chi connectivity index (χ3v) is 4.27. The summed E-state index contributed by atoms with van der Waals surface area (Å²) < 4.78 is 5.25. The lowest BCUT2D eigenvalue weighted by Gasteiger charge is -2.10. The van der Waals surface area contributed by atoms with Crippen LogP contribution in [0.25, 0.3) is 0 Å². The highest BCUT2D eigenvalue weighted by Crippen LogP contribution is 2.39. The average molecular weight is 254 g/mol. The van der Waals surface area contributed by atoms with Crippen molar-refractivity contribution in [2.24, 2.45) is 0 Å². The van der Waals surface area contributed by atoms with Crippen LogP contribution in [0.4, 0.5) is 0 Å². The molecule has 1 aliphatic heterocycles. The van der Waals surface area contributed by atoms with E-state index in [1.807, 2.05) is 24.5 Å². The number of hydrogen-bond acceptors (Lipinski definition) is 4. The molecule has 4 heteroatoms. The Morgan fingerprint density at radius 1 is 1.56 bits per heavy atom. The topological polar surface area (TPSA) is 26.3 Å². The molecule has 0 radical (unpaired) electrons. The van der Waals surface area contributed by atoms with Gasteiger partial charge in [0.2, 0.25) is 0 Å². The Balaban J connectivity index is 1.99. The van der Waals surface area contributed by atoms with E-state index in [0.29, 0.717) is 6.61 Å². The second-order valence-corrected chi connectivity index (χ2v) is 5.61. The minimum atomic E-state index is -0.0773. The van der Waals surface area contributed by atoms with Gasteiger partial charge in [-0.3, -0.25) is 4.79 Å². The first-order chi connectivity index (χ1) is 7.83. The summed E-state index contributed by atoms with van der Waals surface area (Å²) in [4.78, 5) is 13.1. The lowest BCUT2D eigenvalue weighted by atomic mass is 10.0. The molecule has 0 amide bonds. The van der Waals surface area contributed by atoms with Crippen LogP contribution < -0.4 is 0 Å². The summed E-state index contributed by atoms with van der Waals surface area (Å²) in [5, 5.41) is 0. The Hall–Kier alpha value is -0.610. The van der Waals surface area contributed by atoms with Gasteiger partial charge in [-0.25, -0.2) is 0 Å². The number of carbonyl (C=O) groups is 1. The molecule has 0 unspecified atom stereocenters. The van der Waals surface area contributed by atoms with E-state index in [2.05, 4.69) is 6.07 Å². The number of benzene rings is 1. The van der Waals surface area contributed by atoms with E-state index in [1.165, 1.54) is 4.90 Å². The Labute approximate surface area is 104 Å². The van der Waals surface area contributed by atoms with Crippen molar-refractivity contribution in [1.82, 2.24) is 0 Å². The minimum Gasteiger partial charge on any atom is -0.464 e. The maximum atomic E-state index is 11.8. The first-order valence-electron chi connectivity index (χ1n) is 5.20. The van der Waals surface area contributed by atoms with Crippen LogP contribution >= 0.6 is 23.5 Å². The summed E-state index contributed by atoms with van der Waals surface area (Å²) in [6.45, 7) is 0.517. The Kier molecular flexibility index (Phi) is 4.18. The zero-order valence-electron chi connectivity index (χ0n) is 9.14. The first kappa shape index (κ1) is 11.9. The van der Waals surface area contributed by atoms with Crippen molar-refractivity contribution in [1.29, 1.82) is 0 Å². The number of ether oxygens (including phenoxy) is 1. The fourth-order valence-electron chi connectivity index (χ4n) is 1.68. The lowest BCUT2D eigenvalue weighted by Crippen LogP contribution is -2.17. The molecule has 86 valence electrons. The molecule has 2 nitrogen and oxygen atoms in total. The fourth-order valence-corrected chi connectivity index (χ4v) is 3.15. The molecule has 1 aromatic carbocycles. The maximum absolute atomic E-state index is 11.8. The molecule has 1 atom stereocenters. The van der Waals surface area contributed by atoms with Crippen molar-refractivity contribution >= 4 is 29.5 Å². The Bertz CT molecular complexity index is 379. The van der Waals surface area contributed by atoms with Crippen molar-refractivity contribution in [2.45, 2.75) is 10.8 Å². The second-order valence-electron chi connectivity index (χ2n) is 3.56. The molecule has 0 spiro atoms. The standard InChI is InChI=1S/C12H14O2S2/c1-15-7-6-14-12(13)10-8-16-11-5-3-2-4-9(10)11/h2-5,10H,6-8H2,1H3/t10-/m0/s1. The summed E-state index contributed by atoms with van der Waals surface area (Å²) in [7, 11) is 0. The van der Waals surface area contributed by atoms with Crippen molar-refractivity contribution in [2.75, 3.05) is 24.4 Å². The van der Waals surface area contributed by atoms with Gasteiger partial charge < -0.3 is 4.74 Å². The van der Waals surface area contributed by atoms with Crippen LogP contribution in [0.3, 0.4) is 0 Å². The molecule has 0 fully saturated rings. The van der Waals surface area contributed by atoms with Crippen LogP contribution in [0.5, 0.6) is 0 Å². The van der Waals surface area contributed by atoms with Gasteiger partial charge in [-0.1, -0.05) is 18.2 Å². The third kappa shape index (κ3) is 2.55. The number of rotatable bonds is 4. The summed E-state index contributed by atoms with van der Waals surface area (Å²) >= 11 is 3.43. The predicted molar refractivity (Wildman–Crippen MR) is 69.2 cm³/mol. The highest BCUT2D eigenvalue weighted by atomic mass is 32.2. The molecule has 1 aliphatic rings. The second kappa shape index (κ2) is 5.64.